The number of nitrogen functional groups attached to an aromatic ring is 1. The normalized spacial score (nSPS) is 12.3. The van der Waals surface area contributed by atoms with E-state index in [2.05, 4.69) is 14.7 Å². The summed E-state index contributed by atoms with van der Waals surface area (Å²) in [5.41, 5.74) is 11.9. The van der Waals surface area contributed by atoms with Crippen molar-refractivity contribution in [2.75, 3.05) is 10.6 Å². The minimum absolute atomic E-state index is 0.0680. The highest BCUT2D eigenvalue weighted by atomic mass is 32.1. The van der Waals surface area contributed by atoms with Gasteiger partial charge in [-0.15, -0.1) is 0 Å². The molecule has 2 aromatic carbocycles. The fourth-order valence-corrected chi connectivity index (χ4v) is 4.62. The number of para-hydroxylation sites is 1. The standard InChI is InChI=1S/C25H25FN6O3S/c1-25(2,3)30-23(34)20(16-12-29-17-7-5-4-6-15(16)17)32(14-10-8-13(26)9-11-14)24(35)21-18(27)19(22(28)33)31-36-21/h4-12,20,29H,27H2,1-3H3,(H2,28,33)(H,30,34)/t20-/m1/s1. The van der Waals surface area contributed by atoms with Gasteiger partial charge in [-0.2, -0.15) is 4.37 Å². The lowest BCUT2D eigenvalue weighted by Crippen LogP contribution is -2.49. The first-order chi connectivity index (χ1) is 17.0. The summed E-state index contributed by atoms with van der Waals surface area (Å²) in [6.45, 7) is 5.46. The number of carbonyl (C=O) groups is 3. The third-order valence-electron chi connectivity index (χ3n) is 5.40. The summed E-state index contributed by atoms with van der Waals surface area (Å²) < 4.78 is 17.8. The van der Waals surface area contributed by atoms with Gasteiger partial charge in [-0.05, 0) is 62.6 Å². The third-order valence-corrected chi connectivity index (χ3v) is 6.25. The van der Waals surface area contributed by atoms with Gasteiger partial charge in [0.15, 0.2) is 5.69 Å². The number of primary amides is 1. The number of nitrogens with two attached hydrogens (primary N) is 2. The Kier molecular flexibility index (Phi) is 6.51. The summed E-state index contributed by atoms with van der Waals surface area (Å²) in [5.74, 6) is -2.55. The summed E-state index contributed by atoms with van der Waals surface area (Å²) in [6, 6.07) is 11.3. The summed E-state index contributed by atoms with van der Waals surface area (Å²) >= 11 is 0.701. The number of anilines is 2. The van der Waals surface area contributed by atoms with Crippen LogP contribution in [0.5, 0.6) is 0 Å². The molecule has 0 fully saturated rings. The lowest BCUT2D eigenvalue weighted by molar-refractivity contribution is -0.123. The average Bonchev–Trinajstić information content (AvgIpc) is 3.40. The number of amides is 3. The van der Waals surface area contributed by atoms with Crippen molar-refractivity contribution in [3.8, 4) is 0 Å². The van der Waals surface area contributed by atoms with Gasteiger partial charge < -0.3 is 21.8 Å². The molecule has 0 bridgehead atoms. The van der Waals surface area contributed by atoms with Crippen molar-refractivity contribution in [2.45, 2.75) is 32.4 Å². The van der Waals surface area contributed by atoms with E-state index in [4.69, 9.17) is 11.5 Å². The van der Waals surface area contributed by atoms with Crippen molar-refractivity contribution in [3.05, 3.63) is 76.7 Å². The smallest absolute Gasteiger partial charge is 0.273 e. The number of aromatic nitrogens is 2. The van der Waals surface area contributed by atoms with E-state index in [1.165, 1.54) is 29.2 Å². The number of nitrogens with zero attached hydrogens (tertiary/aromatic N) is 2. The SMILES string of the molecule is CC(C)(C)NC(=O)[C@@H](c1c[nH]c2ccccc12)N(C(=O)c1snc(C(N)=O)c1N)c1ccc(F)cc1. The van der Waals surface area contributed by atoms with E-state index in [9.17, 15) is 18.8 Å². The summed E-state index contributed by atoms with van der Waals surface area (Å²) in [5, 5.41) is 3.66. The summed E-state index contributed by atoms with van der Waals surface area (Å²) in [6.07, 6.45) is 1.66. The first kappa shape index (κ1) is 24.9. The Hall–Kier alpha value is -4.25. The first-order valence-electron chi connectivity index (χ1n) is 11.0. The Morgan fingerprint density at radius 2 is 1.78 bits per heavy atom. The number of hydrogen-bond donors (Lipinski definition) is 4. The Bertz CT molecular complexity index is 1450. The van der Waals surface area contributed by atoms with Crippen LogP contribution in [-0.4, -0.2) is 32.6 Å². The zero-order valence-electron chi connectivity index (χ0n) is 19.8. The fraction of sp³-hybridized carbons (Fsp3) is 0.200. The maximum Gasteiger partial charge on any atom is 0.273 e. The van der Waals surface area contributed by atoms with E-state index in [1.807, 2.05) is 45.0 Å². The van der Waals surface area contributed by atoms with E-state index in [1.54, 1.807) is 6.20 Å². The van der Waals surface area contributed by atoms with Crippen LogP contribution in [0, 0.1) is 5.82 Å². The van der Waals surface area contributed by atoms with Crippen molar-refractivity contribution in [1.29, 1.82) is 0 Å². The fourth-order valence-electron chi connectivity index (χ4n) is 3.88. The topological polar surface area (TPSA) is 147 Å². The molecule has 4 rings (SSSR count). The Labute approximate surface area is 210 Å². The second-order valence-electron chi connectivity index (χ2n) is 9.22. The first-order valence-corrected chi connectivity index (χ1v) is 11.8. The zero-order valence-corrected chi connectivity index (χ0v) is 20.7. The van der Waals surface area contributed by atoms with Gasteiger partial charge in [-0.25, -0.2) is 4.39 Å². The number of nitrogens with one attached hydrogen (secondary N) is 2. The molecule has 0 radical (unpaired) electrons. The number of rotatable bonds is 6. The third kappa shape index (κ3) is 4.78. The molecule has 3 amide bonds. The van der Waals surface area contributed by atoms with Crippen LogP contribution >= 0.6 is 11.5 Å². The molecular formula is C25H25FN6O3S. The van der Waals surface area contributed by atoms with Crippen LogP contribution in [0.3, 0.4) is 0 Å². The lowest BCUT2D eigenvalue weighted by atomic mass is 9.99. The molecule has 0 saturated heterocycles. The van der Waals surface area contributed by atoms with Crippen LogP contribution in [0.15, 0.2) is 54.7 Å². The van der Waals surface area contributed by atoms with Gasteiger partial charge in [-0.1, -0.05) is 18.2 Å². The molecule has 36 heavy (non-hydrogen) atoms. The molecule has 4 aromatic rings. The molecule has 0 saturated carbocycles. The Morgan fingerprint density at radius 3 is 2.39 bits per heavy atom. The van der Waals surface area contributed by atoms with Gasteiger partial charge in [0.1, 0.15) is 16.7 Å². The number of hydrogen-bond acceptors (Lipinski definition) is 6. The van der Waals surface area contributed by atoms with Gasteiger partial charge in [-0.3, -0.25) is 19.3 Å². The van der Waals surface area contributed by atoms with Crippen molar-refractivity contribution in [2.24, 2.45) is 5.73 Å². The molecule has 1 atom stereocenters. The summed E-state index contributed by atoms with van der Waals surface area (Å²) in [7, 11) is 0. The molecular weight excluding hydrogens is 483 g/mol. The maximum atomic E-state index is 14.0. The molecule has 2 aromatic heterocycles. The van der Waals surface area contributed by atoms with Crippen molar-refractivity contribution >= 4 is 51.5 Å². The number of aromatic amines is 1. The van der Waals surface area contributed by atoms with Gasteiger partial charge in [0, 0.05) is 33.9 Å². The monoisotopic (exact) mass is 508 g/mol. The van der Waals surface area contributed by atoms with Crippen LogP contribution in [0.2, 0.25) is 0 Å². The van der Waals surface area contributed by atoms with Gasteiger partial charge in [0.05, 0.1) is 5.69 Å². The number of benzene rings is 2. The van der Waals surface area contributed by atoms with Gasteiger partial charge in [0.25, 0.3) is 11.8 Å². The van der Waals surface area contributed by atoms with Gasteiger partial charge in [0.2, 0.25) is 5.91 Å². The van der Waals surface area contributed by atoms with Crippen molar-refractivity contribution in [3.63, 3.8) is 0 Å². The average molecular weight is 509 g/mol. The van der Waals surface area contributed by atoms with E-state index < -0.39 is 35.1 Å². The molecule has 0 aliphatic rings. The number of carbonyl (C=O) groups excluding carboxylic acids is 3. The zero-order chi connectivity index (χ0) is 26.2. The highest BCUT2D eigenvalue weighted by Crippen LogP contribution is 2.36. The molecule has 0 unspecified atom stereocenters. The minimum Gasteiger partial charge on any atom is -0.395 e. The number of fused-ring (bicyclic) bond motifs is 1. The number of H-pyrrole nitrogens is 1. The largest absolute Gasteiger partial charge is 0.395 e. The minimum atomic E-state index is -1.18. The molecule has 0 spiro atoms. The van der Waals surface area contributed by atoms with Crippen LogP contribution in [0.4, 0.5) is 15.8 Å². The molecule has 186 valence electrons. The molecule has 11 heteroatoms. The second kappa shape index (κ2) is 9.42. The van der Waals surface area contributed by atoms with Crippen molar-refractivity contribution < 1.29 is 18.8 Å². The van der Waals surface area contributed by atoms with Gasteiger partial charge >= 0.3 is 0 Å². The van der Waals surface area contributed by atoms with E-state index in [0.29, 0.717) is 17.1 Å². The molecule has 0 aliphatic heterocycles. The quantitative estimate of drug-likeness (QED) is 0.313. The number of halogens is 1. The van der Waals surface area contributed by atoms with Crippen LogP contribution in [-0.2, 0) is 4.79 Å². The van der Waals surface area contributed by atoms with Crippen LogP contribution < -0.4 is 21.7 Å². The van der Waals surface area contributed by atoms with E-state index >= 15 is 0 Å². The summed E-state index contributed by atoms with van der Waals surface area (Å²) in [4.78, 5) is 43.8. The van der Waals surface area contributed by atoms with Crippen LogP contribution in [0.25, 0.3) is 10.9 Å². The maximum absolute atomic E-state index is 14.0. The molecule has 2 heterocycles. The molecule has 9 nitrogen and oxygen atoms in total. The Morgan fingerprint density at radius 1 is 1.11 bits per heavy atom. The second-order valence-corrected chi connectivity index (χ2v) is 9.99. The van der Waals surface area contributed by atoms with E-state index in [-0.39, 0.29) is 21.9 Å². The highest BCUT2D eigenvalue weighted by molar-refractivity contribution is 7.09. The predicted octanol–water partition coefficient (Wildman–Crippen LogP) is 3.75. The van der Waals surface area contributed by atoms with Crippen molar-refractivity contribution in [1.82, 2.24) is 14.7 Å². The molecule has 0 aliphatic carbocycles. The predicted molar refractivity (Wildman–Crippen MR) is 137 cm³/mol. The van der Waals surface area contributed by atoms with E-state index in [0.717, 1.165) is 10.9 Å². The molecule has 6 N–H and O–H groups in total. The highest BCUT2D eigenvalue weighted by Gasteiger charge is 2.38. The Balaban J connectivity index is 1.95. The lowest BCUT2D eigenvalue weighted by Gasteiger charge is -2.33. The van der Waals surface area contributed by atoms with Crippen LogP contribution in [0.1, 0.15) is 52.5 Å².